The Hall–Kier alpha value is -1.51. The molecule has 1 aliphatic carbocycles. The number of aliphatic hydroxyl groups is 16. The SMILES string of the molecule is CC1C(CO)OC(OC2C(CO)OC(OC3C(CO)OC(OC4C(CO)=CC(NC(C(O)CO)C(O)C(O)C=O)C(O)C4O)C(O)C3O)C(O)C2O)C(O)C1O. The van der Waals surface area contributed by atoms with Crippen LogP contribution >= 0.6 is 0 Å². The predicted molar refractivity (Wildman–Crippen MR) is 176 cm³/mol. The number of ether oxygens (including phenoxy) is 6. The smallest absolute Gasteiger partial charge is 0.187 e. The Morgan fingerprint density at radius 3 is 1.57 bits per heavy atom. The maximum Gasteiger partial charge on any atom is 0.187 e. The second-order valence-electron chi connectivity index (χ2n) is 14.2. The summed E-state index contributed by atoms with van der Waals surface area (Å²) < 4.78 is 33.6. The number of hydrogen-bond donors (Lipinski definition) is 17. The predicted octanol–water partition coefficient (Wildman–Crippen LogP) is -10.7. The first-order valence-corrected chi connectivity index (χ1v) is 17.9. The van der Waals surface area contributed by atoms with Crippen LogP contribution in [0, 0.1) is 5.92 Å². The van der Waals surface area contributed by atoms with Gasteiger partial charge in [-0.1, -0.05) is 13.0 Å². The molecular weight excluding hydrogens is 766 g/mol. The second kappa shape index (κ2) is 20.6. The Morgan fingerprint density at radius 1 is 0.661 bits per heavy atom. The Balaban J connectivity index is 1.45. The fraction of sp³-hybridized carbons (Fsp3) is 0.906. The average molecular weight is 822 g/mol. The minimum Gasteiger partial charge on any atom is -0.394 e. The number of aldehydes is 1. The number of nitrogens with one attached hydrogen (secondary N) is 1. The van der Waals surface area contributed by atoms with Crippen LogP contribution in [0.15, 0.2) is 11.6 Å². The van der Waals surface area contributed by atoms with Gasteiger partial charge < -0.3 is 120 Å². The van der Waals surface area contributed by atoms with Crippen LogP contribution in [0.5, 0.6) is 0 Å². The van der Waals surface area contributed by atoms with Gasteiger partial charge in [-0.3, -0.25) is 0 Å². The molecule has 23 unspecified atom stereocenters. The number of carbonyl (C=O) groups excluding carboxylic acids is 1. The molecule has 4 aliphatic rings. The first-order valence-electron chi connectivity index (χ1n) is 17.9. The Kier molecular flexibility index (Phi) is 17.4. The van der Waals surface area contributed by atoms with Gasteiger partial charge in [-0.15, -0.1) is 0 Å². The zero-order chi connectivity index (χ0) is 41.8. The molecule has 0 spiro atoms. The standard InChI is InChI=1S/C32H55NO23/c1-9-14(6-37)51-30(24(48)18(9)42)55-28-16(8-39)53-32(26(50)23(28)47)56-29-15(7-38)52-31(25(49)22(29)46)54-27-10(3-34)2-11(19(43)21(27)45)33-17(12(40)4-35)20(44)13(41)5-36/h2,5,9,11-35,37-50H,3-4,6-8H2,1H3. The molecule has 3 fully saturated rings. The van der Waals surface area contributed by atoms with E-state index in [1.54, 1.807) is 0 Å². The van der Waals surface area contributed by atoms with E-state index in [-0.39, 0.29) is 11.9 Å². The van der Waals surface area contributed by atoms with Gasteiger partial charge in [0.25, 0.3) is 0 Å². The van der Waals surface area contributed by atoms with E-state index in [1.807, 2.05) is 0 Å². The van der Waals surface area contributed by atoms with Gasteiger partial charge in [-0.05, 0) is 5.57 Å². The Labute approximate surface area is 318 Å². The molecule has 0 bridgehead atoms. The van der Waals surface area contributed by atoms with Crippen molar-refractivity contribution in [3.8, 4) is 0 Å². The molecule has 3 heterocycles. The van der Waals surface area contributed by atoms with E-state index in [2.05, 4.69) is 5.32 Å². The number of aliphatic hydroxyl groups excluding tert-OH is 16. The summed E-state index contributed by atoms with van der Waals surface area (Å²) in [5.41, 5.74) is -0.186. The monoisotopic (exact) mass is 821 g/mol. The van der Waals surface area contributed by atoms with Crippen molar-refractivity contribution in [2.75, 3.05) is 33.0 Å². The molecule has 24 heteroatoms. The van der Waals surface area contributed by atoms with Gasteiger partial charge in [-0.2, -0.15) is 0 Å². The molecule has 0 aromatic heterocycles. The molecule has 0 aromatic rings. The molecule has 4 rings (SSSR count). The molecule has 0 aromatic carbocycles. The average Bonchev–Trinajstić information content (AvgIpc) is 3.20. The van der Waals surface area contributed by atoms with Crippen molar-refractivity contribution in [2.45, 2.75) is 142 Å². The first-order chi connectivity index (χ1) is 26.5. The van der Waals surface area contributed by atoms with Crippen molar-refractivity contribution in [1.82, 2.24) is 5.32 Å². The quantitative estimate of drug-likeness (QED) is 0.0478. The van der Waals surface area contributed by atoms with Crippen LogP contribution in [-0.2, 0) is 33.2 Å². The van der Waals surface area contributed by atoms with E-state index in [4.69, 9.17) is 28.4 Å². The van der Waals surface area contributed by atoms with E-state index in [1.165, 1.54) is 6.92 Å². The van der Waals surface area contributed by atoms with E-state index >= 15 is 0 Å². The van der Waals surface area contributed by atoms with Crippen LogP contribution in [0.25, 0.3) is 0 Å². The summed E-state index contributed by atoms with van der Waals surface area (Å²) in [5.74, 6) is -0.717. The number of rotatable bonds is 17. The van der Waals surface area contributed by atoms with Crippen LogP contribution in [0.3, 0.4) is 0 Å². The number of hydrogen-bond acceptors (Lipinski definition) is 24. The second-order valence-corrected chi connectivity index (χ2v) is 14.2. The molecule has 0 amide bonds. The van der Waals surface area contributed by atoms with Crippen LogP contribution in [0.4, 0.5) is 0 Å². The Morgan fingerprint density at radius 2 is 1.12 bits per heavy atom. The lowest BCUT2D eigenvalue weighted by Crippen LogP contribution is -2.67. The first kappa shape index (κ1) is 47.2. The largest absolute Gasteiger partial charge is 0.394 e. The fourth-order valence-electron chi connectivity index (χ4n) is 7.07. The van der Waals surface area contributed by atoms with Crippen molar-refractivity contribution in [3.63, 3.8) is 0 Å². The lowest BCUT2D eigenvalue weighted by Gasteiger charge is -2.48. The summed E-state index contributed by atoms with van der Waals surface area (Å²) in [6.07, 6.45) is -34.5. The zero-order valence-corrected chi connectivity index (χ0v) is 30.0. The van der Waals surface area contributed by atoms with Crippen molar-refractivity contribution < 1.29 is 115 Å². The van der Waals surface area contributed by atoms with Crippen LogP contribution in [0.1, 0.15) is 6.92 Å². The van der Waals surface area contributed by atoms with E-state index in [0.717, 1.165) is 6.08 Å². The number of carbonyl (C=O) groups is 1. The van der Waals surface area contributed by atoms with Gasteiger partial charge in [0, 0.05) is 5.92 Å². The van der Waals surface area contributed by atoms with Gasteiger partial charge in [0.2, 0.25) is 0 Å². The molecule has 3 saturated heterocycles. The summed E-state index contributed by atoms with van der Waals surface area (Å²) in [5, 5.41) is 169. The normalized spacial score (nSPS) is 45.7. The minimum atomic E-state index is -2.08. The molecule has 24 nitrogen and oxygen atoms in total. The molecule has 56 heavy (non-hydrogen) atoms. The summed E-state index contributed by atoms with van der Waals surface area (Å²) in [6.45, 7) is -2.73. The van der Waals surface area contributed by atoms with E-state index in [9.17, 15) is 86.5 Å². The molecule has 0 saturated carbocycles. The van der Waals surface area contributed by atoms with Gasteiger partial charge in [0.05, 0.1) is 63.4 Å². The maximum atomic E-state index is 11.1. The third-order valence-corrected chi connectivity index (χ3v) is 10.6. The summed E-state index contributed by atoms with van der Waals surface area (Å²) in [6, 6.07) is -3.08. The molecule has 17 N–H and O–H groups in total. The summed E-state index contributed by atoms with van der Waals surface area (Å²) in [7, 11) is 0. The van der Waals surface area contributed by atoms with Gasteiger partial charge in [0.1, 0.15) is 85.5 Å². The molecule has 0 radical (unpaired) electrons. The molecule has 326 valence electrons. The molecule has 23 atom stereocenters. The van der Waals surface area contributed by atoms with Crippen LogP contribution in [-0.4, -0.2) is 256 Å². The van der Waals surface area contributed by atoms with E-state index < -0.39 is 174 Å². The van der Waals surface area contributed by atoms with Crippen LogP contribution in [0.2, 0.25) is 0 Å². The highest BCUT2D eigenvalue weighted by Crippen LogP contribution is 2.35. The maximum absolute atomic E-state index is 11.1. The van der Waals surface area contributed by atoms with Gasteiger partial charge in [-0.25, -0.2) is 0 Å². The topological polar surface area (TPSA) is 408 Å². The van der Waals surface area contributed by atoms with E-state index in [0.29, 0.717) is 0 Å². The van der Waals surface area contributed by atoms with Crippen LogP contribution < -0.4 is 5.32 Å². The summed E-state index contributed by atoms with van der Waals surface area (Å²) in [4.78, 5) is 11.0. The van der Waals surface area contributed by atoms with Gasteiger partial charge >= 0.3 is 0 Å². The van der Waals surface area contributed by atoms with Gasteiger partial charge in [0.15, 0.2) is 25.2 Å². The van der Waals surface area contributed by atoms with Crippen molar-refractivity contribution in [1.29, 1.82) is 0 Å². The van der Waals surface area contributed by atoms with Crippen molar-refractivity contribution in [2.24, 2.45) is 5.92 Å². The highest BCUT2D eigenvalue weighted by Gasteiger charge is 2.54. The highest BCUT2D eigenvalue weighted by atomic mass is 16.8. The third-order valence-electron chi connectivity index (χ3n) is 10.6. The lowest BCUT2D eigenvalue weighted by molar-refractivity contribution is -0.380. The lowest BCUT2D eigenvalue weighted by atomic mass is 9.86. The molecule has 3 aliphatic heterocycles. The minimum absolute atomic E-state index is 0.0406. The van der Waals surface area contributed by atoms with Crippen molar-refractivity contribution in [3.05, 3.63) is 11.6 Å². The zero-order valence-electron chi connectivity index (χ0n) is 30.0. The third kappa shape index (κ3) is 9.91. The highest BCUT2D eigenvalue weighted by molar-refractivity contribution is 5.56. The summed E-state index contributed by atoms with van der Waals surface area (Å²) >= 11 is 0. The fourth-order valence-corrected chi connectivity index (χ4v) is 7.07. The Bertz CT molecular complexity index is 1250. The van der Waals surface area contributed by atoms with Crippen molar-refractivity contribution >= 4 is 6.29 Å². The molecular formula is C32H55NO23.